The maximum absolute atomic E-state index is 13.6. The van der Waals surface area contributed by atoms with Gasteiger partial charge in [0.2, 0.25) is 10.0 Å². The van der Waals surface area contributed by atoms with E-state index in [0.717, 1.165) is 25.9 Å². The zero-order valence-electron chi connectivity index (χ0n) is 12.0. The molecule has 0 aliphatic carbocycles. The van der Waals surface area contributed by atoms with Crippen LogP contribution in [0.1, 0.15) is 24.8 Å². The van der Waals surface area contributed by atoms with E-state index < -0.39 is 15.8 Å². The summed E-state index contributed by atoms with van der Waals surface area (Å²) < 4.78 is 40.7. The first-order valence-electron chi connectivity index (χ1n) is 7.24. The van der Waals surface area contributed by atoms with Crippen molar-refractivity contribution in [3.8, 4) is 0 Å². The summed E-state index contributed by atoms with van der Waals surface area (Å²) in [6, 6.07) is 3.98. The topological polar surface area (TPSA) is 75.4 Å². The molecule has 0 unspecified atom stereocenters. The molecule has 5 nitrogen and oxygen atoms in total. The number of piperidine rings is 1. The number of benzene rings is 1. The minimum absolute atomic E-state index is 0.0305. The minimum atomic E-state index is -3.72. The summed E-state index contributed by atoms with van der Waals surface area (Å²) in [5, 5.41) is 0. The minimum Gasteiger partial charge on any atom is -0.326 e. The Morgan fingerprint density at radius 1 is 1.24 bits per heavy atom. The van der Waals surface area contributed by atoms with Gasteiger partial charge in [-0.1, -0.05) is 12.5 Å². The largest absolute Gasteiger partial charge is 0.326 e. The summed E-state index contributed by atoms with van der Waals surface area (Å²) in [7, 11) is -3.72. The zero-order chi connectivity index (χ0) is 15.3. The van der Waals surface area contributed by atoms with E-state index in [1.54, 1.807) is 0 Å². The van der Waals surface area contributed by atoms with Crippen LogP contribution in [0.2, 0.25) is 0 Å². The van der Waals surface area contributed by atoms with Crippen molar-refractivity contribution in [1.29, 1.82) is 0 Å². The molecule has 2 rings (SSSR count). The second kappa shape index (κ2) is 7.31. The first kappa shape index (κ1) is 16.4. The summed E-state index contributed by atoms with van der Waals surface area (Å²) in [5.74, 6) is -0.587. The Morgan fingerprint density at radius 3 is 2.62 bits per heavy atom. The Bertz CT molecular complexity index is 572. The van der Waals surface area contributed by atoms with Gasteiger partial charge >= 0.3 is 0 Å². The van der Waals surface area contributed by atoms with E-state index in [4.69, 9.17) is 5.73 Å². The summed E-state index contributed by atoms with van der Waals surface area (Å²) in [4.78, 5) is 2.17. The number of hydrogen-bond donors (Lipinski definition) is 2. The molecular weight excluding hydrogens is 293 g/mol. The van der Waals surface area contributed by atoms with Gasteiger partial charge in [0.05, 0.1) is 4.90 Å². The highest BCUT2D eigenvalue weighted by Crippen LogP contribution is 2.18. The van der Waals surface area contributed by atoms with Gasteiger partial charge in [-0.3, -0.25) is 0 Å². The normalized spacial score (nSPS) is 17.0. The second-order valence-corrected chi connectivity index (χ2v) is 6.96. The van der Waals surface area contributed by atoms with Crippen LogP contribution < -0.4 is 10.5 Å². The Hall–Kier alpha value is -1.02. The molecule has 1 aliphatic rings. The Morgan fingerprint density at radius 2 is 1.95 bits per heavy atom. The summed E-state index contributed by atoms with van der Waals surface area (Å²) in [6.07, 6.45) is 3.56. The Balaban J connectivity index is 2.00. The molecule has 1 saturated heterocycles. The molecule has 1 fully saturated rings. The van der Waals surface area contributed by atoms with Crippen molar-refractivity contribution < 1.29 is 12.8 Å². The van der Waals surface area contributed by atoms with Gasteiger partial charge in [-0.25, -0.2) is 17.5 Å². The van der Waals surface area contributed by atoms with Crippen LogP contribution in [-0.2, 0) is 16.6 Å². The number of nitrogens with zero attached hydrogens (tertiary/aromatic N) is 1. The fourth-order valence-corrected chi connectivity index (χ4v) is 3.87. The first-order chi connectivity index (χ1) is 10.0. The predicted octanol–water partition coefficient (Wildman–Crippen LogP) is 1.05. The van der Waals surface area contributed by atoms with Crippen molar-refractivity contribution in [3.05, 3.63) is 29.6 Å². The molecule has 0 atom stereocenters. The van der Waals surface area contributed by atoms with E-state index in [9.17, 15) is 12.8 Å². The molecule has 1 heterocycles. The maximum atomic E-state index is 13.6. The van der Waals surface area contributed by atoms with E-state index in [-0.39, 0.29) is 17.0 Å². The highest BCUT2D eigenvalue weighted by Gasteiger charge is 2.20. The van der Waals surface area contributed by atoms with Crippen LogP contribution in [0.15, 0.2) is 23.1 Å². The molecule has 1 aromatic carbocycles. The molecular formula is C14H22FN3O2S. The smallest absolute Gasteiger partial charge is 0.241 e. The van der Waals surface area contributed by atoms with Crippen molar-refractivity contribution in [2.45, 2.75) is 30.7 Å². The zero-order valence-corrected chi connectivity index (χ0v) is 12.8. The molecule has 0 saturated carbocycles. The number of rotatable bonds is 6. The van der Waals surface area contributed by atoms with E-state index in [0.29, 0.717) is 13.1 Å². The lowest BCUT2D eigenvalue weighted by Crippen LogP contribution is -2.37. The molecule has 3 N–H and O–H groups in total. The van der Waals surface area contributed by atoms with Gasteiger partial charge < -0.3 is 10.6 Å². The molecule has 0 bridgehead atoms. The fourth-order valence-electron chi connectivity index (χ4n) is 2.59. The highest BCUT2D eigenvalue weighted by atomic mass is 32.2. The third-order valence-electron chi connectivity index (χ3n) is 3.74. The third-order valence-corrected chi connectivity index (χ3v) is 5.28. The van der Waals surface area contributed by atoms with E-state index in [1.165, 1.54) is 24.6 Å². The van der Waals surface area contributed by atoms with E-state index >= 15 is 0 Å². The van der Waals surface area contributed by atoms with Crippen LogP contribution >= 0.6 is 0 Å². The predicted molar refractivity (Wildman–Crippen MR) is 79.8 cm³/mol. The molecule has 7 heteroatoms. The third kappa shape index (κ3) is 4.23. The van der Waals surface area contributed by atoms with Gasteiger partial charge in [0, 0.05) is 25.2 Å². The van der Waals surface area contributed by atoms with Gasteiger partial charge in [0.1, 0.15) is 5.82 Å². The van der Waals surface area contributed by atoms with Crippen LogP contribution in [0.5, 0.6) is 0 Å². The monoisotopic (exact) mass is 315 g/mol. The summed E-state index contributed by atoms with van der Waals surface area (Å²) >= 11 is 0. The van der Waals surface area contributed by atoms with Crippen LogP contribution in [0.25, 0.3) is 0 Å². The van der Waals surface area contributed by atoms with Crippen LogP contribution in [0, 0.1) is 5.82 Å². The maximum Gasteiger partial charge on any atom is 0.241 e. The average Bonchev–Trinajstić information content (AvgIpc) is 2.48. The highest BCUT2D eigenvalue weighted by molar-refractivity contribution is 7.89. The lowest BCUT2D eigenvalue weighted by molar-refractivity contribution is 0.233. The molecule has 0 aromatic heterocycles. The lowest BCUT2D eigenvalue weighted by Gasteiger charge is -2.26. The molecule has 1 aliphatic heterocycles. The van der Waals surface area contributed by atoms with Crippen LogP contribution in [-0.4, -0.2) is 39.5 Å². The first-order valence-corrected chi connectivity index (χ1v) is 8.72. The number of likely N-dealkylation sites (tertiary alicyclic amines) is 1. The number of hydrogen-bond acceptors (Lipinski definition) is 4. The van der Waals surface area contributed by atoms with Crippen molar-refractivity contribution >= 4 is 10.0 Å². The SMILES string of the molecule is NCc1c(F)cccc1S(=O)(=O)NCCN1CCCCC1. The number of sulfonamides is 1. The van der Waals surface area contributed by atoms with E-state index in [2.05, 4.69) is 9.62 Å². The molecule has 0 radical (unpaired) electrons. The fraction of sp³-hybridized carbons (Fsp3) is 0.571. The lowest BCUT2D eigenvalue weighted by atomic mass is 10.1. The summed E-state index contributed by atoms with van der Waals surface area (Å²) in [6.45, 7) is 2.87. The van der Waals surface area contributed by atoms with Crippen LogP contribution in [0.4, 0.5) is 4.39 Å². The second-order valence-electron chi connectivity index (χ2n) is 5.22. The summed E-state index contributed by atoms with van der Waals surface area (Å²) in [5.41, 5.74) is 5.48. The number of nitrogens with one attached hydrogen (secondary N) is 1. The molecule has 1 aromatic rings. The molecule has 0 amide bonds. The molecule has 21 heavy (non-hydrogen) atoms. The quantitative estimate of drug-likeness (QED) is 0.823. The van der Waals surface area contributed by atoms with Gasteiger partial charge in [-0.2, -0.15) is 0 Å². The van der Waals surface area contributed by atoms with E-state index in [1.807, 2.05) is 0 Å². The van der Waals surface area contributed by atoms with Gasteiger partial charge in [-0.15, -0.1) is 0 Å². The molecule has 118 valence electrons. The van der Waals surface area contributed by atoms with Crippen LogP contribution in [0.3, 0.4) is 0 Å². The molecule has 0 spiro atoms. The Kier molecular flexibility index (Phi) is 5.69. The number of halogens is 1. The van der Waals surface area contributed by atoms with Gasteiger partial charge in [0.15, 0.2) is 0 Å². The average molecular weight is 315 g/mol. The van der Waals surface area contributed by atoms with Crippen molar-refractivity contribution in [3.63, 3.8) is 0 Å². The van der Waals surface area contributed by atoms with Crippen molar-refractivity contribution in [2.24, 2.45) is 5.73 Å². The van der Waals surface area contributed by atoms with Gasteiger partial charge in [0.25, 0.3) is 0 Å². The number of nitrogens with two attached hydrogens (primary N) is 1. The standard InChI is InChI=1S/C14H22FN3O2S/c15-13-5-4-6-14(12(13)11-16)21(19,20)17-7-10-18-8-2-1-3-9-18/h4-6,17H,1-3,7-11,16H2. The van der Waals surface area contributed by atoms with Crippen molar-refractivity contribution in [1.82, 2.24) is 9.62 Å². The Labute approximate surface area is 125 Å². The van der Waals surface area contributed by atoms with Gasteiger partial charge in [-0.05, 0) is 38.1 Å². The van der Waals surface area contributed by atoms with Crippen molar-refractivity contribution in [2.75, 3.05) is 26.2 Å².